The quantitative estimate of drug-likeness (QED) is 0.908. The molecule has 1 aromatic rings. The highest BCUT2D eigenvalue weighted by molar-refractivity contribution is 5.95. The van der Waals surface area contributed by atoms with Crippen LogP contribution in [0.2, 0.25) is 0 Å². The van der Waals surface area contributed by atoms with Gasteiger partial charge in [-0.3, -0.25) is 9.48 Å². The fraction of sp³-hybridized carbons (Fsp3) is 0.789. The number of hydrogen-bond donors (Lipinski definition) is 1. The number of rotatable bonds is 3. The third-order valence-corrected chi connectivity index (χ3v) is 6.09. The second-order valence-electron chi connectivity index (χ2n) is 7.83. The van der Waals surface area contributed by atoms with Crippen LogP contribution in [-0.4, -0.2) is 59.5 Å². The number of hydrogen-bond acceptors (Lipinski definition) is 4. The number of aromatic nitrogens is 2. The molecule has 1 aromatic heterocycles. The maximum atomic E-state index is 13.1. The van der Waals surface area contributed by atoms with E-state index >= 15 is 0 Å². The molecule has 0 spiro atoms. The molecule has 138 valence electrons. The predicted octanol–water partition coefficient (Wildman–Crippen LogP) is 1.92. The lowest BCUT2D eigenvalue weighted by Crippen LogP contribution is -2.41. The molecule has 6 heteroatoms. The van der Waals surface area contributed by atoms with E-state index in [9.17, 15) is 4.79 Å². The summed E-state index contributed by atoms with van der Waals surface area (Å²) in [6.07, 6.45) is 9.14. The molecule has 4 heterocycles. The Balaban J connectivity index is 1.43. The van der Waals surface area contributed by atoms with Crippen LogP contribution in [0.1, 0.15) is 60.5 Å². The zero-order valence-electron chi connectivity index (χ0n) is 15.2. The summed E-state index contributed by atoms with van der Waals surface area (Å²) in [6, 6.07) is 0. The van der Waals surface area contributed by atoms with E-state index < -0.39 is 0 Å². The SMILES string of the molecule is Cn1cc(C(=O)N2CCC(C3CCCO3)CC2)c(C2CCCNC2)n1. The van der Waals surface area contributed by atoms with E-state index in [4.69, 9.17) is 4.74 Å². The summed E-state index contributed by atoms with van der Waals surface area (Å²) in [5, 5.41) is 8.07. The lowest BCUT2D eigenvalue weighted by Gasteiger charge is -2.34. The van der Waals surface area contributed by atoms with Gasteiger partial charge in [-0.25, -0.2) is 0 Å². The molecule has 0 bridgehead atoms. The van der Waals surface area contributed by atoms with Crippen molar-refractivity contribution in [1.82, 2.24) is 20.0 Å². The predicted molar refractivity (Wildman–Crippen MR) is 95.7 cm³/mol. The van der Waals surface area contributed by atoms with Crippen molar-refractivity contribution in [2.75, 3.05) is 32.8 Å². The highest BCUT2D eigenvalue weighted by Crippen LogP contribution is 2.31. The van der Waals surface area contributed by atoms with Crippen LogP contribution in [0, 0.1) is 5.92 Å². The van der Waals surface area contributed by atoms with Crippen molar-refractivity contribution < 1.29 is 9.53 Å². The van der Waals surface area contributed by atoms with E-state index in [0.717, 1.165) is 69.7 Å². The fourth-order valence-electron chi connectivity index (χ4n) is 4.68. The number of aryl methyl sites for hydroxylation is 1. The van der Waals surface area contributed by atoms with Crippen LogP contribution in [0.3, 0.4) is 0 Å². The van der Waals surface area contributed by atoms with E-state index in [0.29, 0.717) is 17.9 Å². The number of nitrogens with one attached hydrogen (secondary N) is 1. The number of ether oxygens (including phenoxy) is 1. The summed E-state index contributed by atoms with van der Waals surface area (Å²) in [5.74, 6) is 1.15. The largest absolute Gasteiger partial charge is 0.378 e. The second kappa shape index (κ2) is 7.46. The van der Waals surface area contributed by atoms with Gasteiger partial charge in [0.25, 0.3) is 5.91 Å². The molecular weight excluding hydrogens is 316 g/mol. The average molecular weight is 346 g/mol. The smallest absolute Gasteiger partial charge is 0.257 e. The maximum Gasteiger partial charge on any atom is 0.257 e. The molecule has 3 fully saturated rings. The molecule has 3 aliphatic heterocycles. The molecule has 2 unspecified atom stereocenters. The van der Waals surface area contributed by atoms with Gasteiger partial charge in [-0.15, -0.1) is 0 Å². The van der Waals surface area contributed by atoms with Crippen molar-refractivity contribution in [2.24, 2.45) is 13.0 Å². The topological polar surface area (TPSA) is 59.4 Å². The van der Waals surface area contributed by atoms with Gasteiger partial charge in [-0.05, 0) is 51.0 Å². The number of carbonyl (C=O) groups excluding carboxylic acids is 1. The monoisotopic (exact) mass is 346 g/mol. The van der Waals surface area contributed by atoms with E-state index in [2.05, 4.69) is 10.4 Å². The lowest BCUT2D eigenvalue weighted by molar-refractivity contribution is 0.0290. The Morgan fingerprint density at radius 2 is 2.08 bits per heavy atom. The summed E-state index contributed by atoms with van der Waals surface area (Å²) >= 11 is 0. The molecular formula is C19H30N4O2. The van der Waals surface area contributed by atoms with Crippen LogP contribution >= 0.6 is 0 Å². The van der Waals surface area contributed by atoms with E-state index in [1.54, 1.807) is 4.68 Å². The minimum Gasteiger partial charge on any atom is -0.378 e. The highest BCUT2D eigenvalue weighted by atomic mass is 16.5. The van der Waals surface area contributed by atoms with Gasteiger partial charge in [0.05, 0.1) is 17.4 Å². The summed E-state index contributed by atoms with van der Waals surface area (Å²) < 4.78 is 7.65. The number of likely N-dealkylation sites (tertiary alicyclic amines) is 1. The molecule has 3 saturated heterocycles. The third-order valence-electron chi connectivity index (χ3n) is 6.09. The van der Waals surface area contributed by atoms with E-state index in [-0.39, 0.29) is 5.91 Å². The maximum absolute atomic E-state index is 13.1. The van der Waals surface area contributed by atoms with Gasteiger partial charge in [0.2, 0.25) is 0 Å². The zero-order valence-corrected chi connectivity index (χ0v) is 15.2. The van der Waals surface area contributed by atoms with Gasteiger partial charge in [-0.1, -0.05) is 0 Å². The number of amides is 1. The Morgan fingerprint density at radius 1 is 1.24 bits per heavy atom. The first-order chi connectivity index (χ1) is 12.2. The molecule has 4 rings (SSSR count). The number of carbonyl (C=O) groups is 1. The molecule has 2 atom stereocenters. The summed E-state index contributed by atoms with van der Waals surface area (Å²) in [5.41, 5.74) is 1.80. The Hall–Kier alpha value is -1.40. The molecule has 0 saturated carbocycles. The van der Waals surface area contributed by atoms with Crippen molar-refractivity contribution in [3.8, 4) is 0 Å². The van der Waals surface area contributed by atoms with Gasteiger partial charge in [0, 0.05) is 45.4 Å². The molecule has 3 aliphatic rings. The molecule has 25 heavy (non-hydrogen) atoms. The molecule has 0 aromatic carbocycles. The van der Waals surface area contributed by atoms with E-state index in [1.807, 2.05) is 18.1 Å². The van der Waals surface area contributed by atoms with Crippen LogP contribution in [0.25, 0.3) is 0 Å². The van der Waals surface area contributed by atoms with Crippen LogP contribution < -0.4 is 5.32 Å². The van der Waals surface area contributed by atoms with Gasteiger partial charge in [-0.2, -0.15) is 5.10 Å². The minimum atomic E-state index is 0.166. The summed E-state index contributed by atoms with van der Waals surface area (Å²) in [4.78, 5) is 15.2. The highest BCUT2D eigenvalue weighted by Gasteiger charge is 2.33. The van der Waals surface area contributed by atoms with Crippen LogP contribution in [-0.2, 0) is 11.8 Å². The molecule has 0 aliphatic carbocycles. The third kappa shape index (κ3) is 3.60. The van der Waals surface area contributed by atoms with Gasteiger partial charge in [0.15, 0.2) is 0 Å². The first-order valence-corrected chi connectivity index (χ1v) is 9.87. The first-order valence-electron chi connectivity index (χ1n) is 9.87. The Kier molecular flexibility index (Phi) is 5.08. The molecule has 1 amide bonds. The van der Waals surface area contributed by atoms with E-state index in [1.165, 1.54) is 12.8 Å². The van der Waals surface area contributed by atoms with Gasteiger partial charge in [0.1, 0.15) is 0 Å². The Labute approximate surface area is 149 Å². The number of nitrogens with zero attached hydrogens (tertiary/aromatic N) is 3. The molecule has 6 nitrogen and oxygen atoms in total. The standard InChI is InChI=1S/C19H30N4O2/c1-22-13-16(18(21-22)15-4-2-8-20-12-15)19(24)23-9-6-14(7-10-23)17-5-3-11-25-17/h13-15,17,20H,2-12H2,1H3. The molecule has 1 N–H and O–H groups in total. The summed E-state index contributed by atoms with van der Waals surface area (Å²) in [7, 11) is 1.92. The van der Waals surface area contributed by atoms with Gasteiger partial charge >= 0.3 is 0 Å². The minimum absolute atomic E-state index is 0.166. The molecule has 0 radical (unpaired) electrons. The normalized spacial score (nSPS) is 28.4. The zero-order chi connectivity index (χ0) is 17.2. The van der Waals surface area contributed by atoms with Crippen molar-refractivity contribution in [3.63, 3.8) is 0 Å². The van der Waals surface area contributed by atoms with Crippen molar-refractivity contribution in [2.45, 2.75) is 50.5 Å². The second-order valence-corrected chi connectivity index (χ2v) is 7.83. The Bertz CT molecular complexity index is 595. The van der Waals surface area contributed by atoms with Gasteiger partial charge < -0.3 is 15.0 Å². The van der Waals surface area contributed by atoms with Crippen molar-refractivity contribution >= 4 is 5.91 Å². The average Bonchev–Trinajstić information content (AvgIpc) is 3.32. The summed E-state index contributed by atoms with van der Waals surface area (Å²) in [6.45, 7) is 4.61. The van der Waals surface area contributed by atoms with Crippen molar-refractivity contribution in [3.05, 3.63) is 17.5 Å². The number of piperidine rings is 2. The van der Waals surface area contributed by atoms with Crippen LogP contribution in [0.15, 0.2) is 6.20 Å². The van der Waals surface area contributed by atoms with Crippen LogP contribution in [0.5, 0.6) is 0 Å². The van der Waals surface area contributed by atoms with Crippen molar-refractivity contribution in [1.29, 1.82) is 0 Å². The van der Waals surface area contributed by atoms with Crippen LogP contribution in [0.4, 0.5) is 0 Å². The lowest BCUT2D eigenvalue weighted by atomic mass is 9.89. The Morgan fingerprint density at radius 3 is 2.76 bits per heavy atom. The fourth-order valence-corrected chi connectivity index (χ4v) is 4.68. The first kappa shape index (κ1) is 17.0.